The first kappa shape index (κ1) is 15.1. The molecule has 0 saturated heterocycles. The van der Waals surface area contributed by atoms with Crippen molar-refractivity contribution in [1.82, 2.24) is 5.32 Å². The van der Waals surface area contributed by atoms with E-state index in [-0.39, 0.29) is 0 Å². The van der Waals surface area contributed by atoms with Gasteiger partial charge in [0.15, 0.2) is 0 Å². The topological polar surface area (TPSA) is 21.3 Å². The Bertz CT molecular complexity index is 511. The molecule has 0 radical (unpaired) electrons. The minimum atomic E-state index is 0.741. The fourth-order valence-electron chi connectivity index (χ4n) is 2.34. The van der Waals surface area contributed by atoms with Crippen molar-refractivity contribution in [2.75, 3.05) is 13.2 Å². The SMILES string of the molecule is CCNCc1cc(C)c(OCCc2ccsc2)c(C)c1. The number of benzene rings is 1. The van der Waals surface area contributed by atoms with E-state index in [1.165, 1.54) is 22.3 Å². The summed E-state index contributed by atoms with van der Waals surface area (Å²) in [6, 6.07) is 6.60. The van der Waals surface area contributed by atoms with Gasteiger partial charge in [0.25, 0.3) is 0 Å². The number of thiophene rings is 1. The van der Waals surface area contributed by atoms with Gasteiger partial charge in [0.05, 0.1) is 6.61 Å². The van der Waals surface area contributed by atoms with Gasteiger partial charge in [-0.15, -0.1) is 0 Å². The molecule has 1 heterocycles. The molecule has 0 atom stereocenters. The number of ether oxygens (including phenoxy) is 1. The molecule has 0 bridgehead atoms. The van der Waals surface area contributed by atoms with Gasteiger partial charge >= 0.3 is 0 Å². The third kappa shape index (κ3) is 4.09. The number of hydrogen-bond donors (Lipinski definition) is 1. The first-order valence-corrected chi connectivity index (χ1v) is 8.09. The summed E-state index contributed by atoms with van der Waals surface area (Å²) in [5, 5.41) is 7.66. The molecular formula is C17H23NOS. The smallest absolute Gasteiger partial charge is 0.125 e. The van der Waals surface area contributed by atoms with E-state index in [2.05, 4.69) is 55.0 Å². The van der Waals surface area contributed by atoms with E-state index in [1.807, 2.05) is 0 Å². The summed E-state index contributed by atoms with van der Waals surface area (Å²) in [6.07, 6.45) is 0.974. The molecule has 20 heavy (non-hydrogen) atoms. The van der Waals surface area contributed by atoms with Crippen LogP contribution in [0.1, 0.15) is 29.2 Å². The van der Waals surface area contributed by atoms with E-state index < -0.39 is 0 Å². The summed E-state index contributed by atoms with van der Waals surface area (Å²) >= 11 is 1.74. The Hall–Kier alpha value is -1.32. The maximum Gasteiger partial charge on any atom is 0.125 e. The molecule has 0 aliphatic heterocycles. The minimum Gasteiger partial charge on any atom is -0.493 e. The van der Waals surface area contributed by atoms with Gasteiger partial charge < -0.3 is 10.1 Å². The van der Waals surface area contributed by atoms with Crippen molar-refractivity contribution in [2.24, 2.45) is 0 Å². The average Bonchev–Trinajstić information content (AvgIpc) is 2.92. The Morgan fingerprint density at radius 1 is 1.15 bits per heavy atom. The van der Waals surface area contributed by atoms with Crippen LogP contribution in [0.3, 0.4) is 0 Å². The fraction of sp³-hybridized carbons (Fsp3) is 0.412. The Morgan fingerprint density at radius 2 is 1.90 bits per heavy atom. The van der Waals surface area contributed by atoms with Crippen molar-refractivity contribution in [3.8, 4) is 5.75 Å². The molecule has 0 aliphatic rings. The Morgan fingerprint density at radius 3 is 2.50 bits per heavy atom. The normalized spacial score (nSPS) is 10.8. The van der Waals surface area contributed by atoms with Crippen molar-refractivity contribution in [1.29, 1.82) is 0 Å². The lowest BCUT2D eigenvalue weighted by atomic mass is 10.1. The van der Waals surface area contributed by atoms with Crippen LogP contribution in [0.4, 0.5) is 0 Å². The molecule has 0 fully saturated rings. The van der Waals surface area contributed by atoms with Crippen LogP contribution in [-0.4, -0.2) is 13.2 Å². The highest BCUT2D eigenvalue weighted by Gasteiger charge is 2.06. The average molecular weight is 289 g/mol. The Labute approximate surface area is 125 Å². The van der Waals surface area contributed by atoms with E-state index in [0.717, 1.165) is 31.9 Å². The maximum absolute atomic E-state index is 5.98. The van der Waals surface area contributed by atoms with Crippen LogP contribution in [0, 0.1) is 13.8 Å². The second-order valence-corrected chi connectivity index (χ2v) is 5.85. The summed E-state index contributed by atoms with van der Waals surface area (Å²) in [7, 11) is 0. The Balaban J connectivity index is 1.97. The molecule has 2 rings (SSSR count). The molecule has 2 nitrogen and oxygen atoms in total. The molecule has 3 heteroatoms. The number of rotatable bonds is 7. The summed E-state index contributed by atoms with van der Waals surface area (Å²) in [6.45, 7) is 9.04. The number of aryl methyl sites for hydroxylation is 2. The molecule has 0 spiro atoms. The fourth-order valence-corrected chi connectivity index (χ4v) is 3.05. The first-order valence-electron chi connectivity index (χ1n) is 7.15. The van der Waals surface area contributed by atoms with E-state index >= 15 is 0 Å². The zero-order valence-electron chi connectivity index (χ0n) is 12.5. The molecule has 0 amide bonds. The van der Waals surface area contributed by atoms with Gasteiger partial charge in [-0.05, 0) is 59.5 Å². The third-order valence-electron chi connectivity index (χ3n) is 3.32. The van der Waals surface area contributed by atoms with Crippen molar-refractivity contribution in [2.45, 2.75) is 33.7 Å². The molecule has 1 N–H and O–H groups in total. The second-order valence-electron chi connectivity index (χ2n) is 5.07. The lowest BCUT2D eigenvalue weighted by molar-refractivity contribution is 0.317. The van der Waals surface area contributed by atoms with Crippen LogP contribution in [0.2, 0.25) is 0 Å². The van der Waals surface area contributed by atoms with Gasteiger partial charge in [-0.25, -0.2) is 0 Å². The molecule has 1 aromatic carbocycles. The van der Waals surface area contributed by atoms with Crippen LogP contribution in [0.5, 0.6) is 5.75 Å². The lowest BCUT2D eigenvalue weighted by Gasteiger charge is -2.14. The van der Waals surface area contributed by atoms with Crippen LogP contribution < -0.4 is 10.1 Å². The van der Waals surface area contributed by atoms with Crippen molar-refractivity contribution in [3.05, 3.63) is 51.2 Å². The second kappa shape index (κ2) is 7.46. The van der Waals surface area contributed by atoms with Crippen molar-refractivity contribution < 1.29 is 4.74 Å². The standard InChI is InChI=1S/C17H23NOS/c1-4-18-11-16-9-13(2)17(14(3)10-16)19-7-5-15-6-8-20-12-15/h6,8-10,12,18H,4-5,7,11H2,1-3H3. The summed E-state index contributed by atoms with van der Waals surface area (Å²) < 4.78 is 5.98. The quantitative estimate of drug-likeness (QED) is 0.828. The maximum atomic E-state index is 5.98. The summed E-state index contributed by atoms with van der Waals surface area (Å²) in [5.74, 6) is 1.04. The monoisotopic (exact) mass is 289 g/mol. The molecule has 0 aliphatic carbocycles. The van der Waals surface area contributed by atoms with Gasteiger partial charge in [0, 0.05) is 13.0 Å². The number of nitrogens with one attached hydrogen (secondary N) is 1. The summed E-state index contributed by atoms with van der Waals surface area (Å²) in [4.78, 5) is 0. The van der Waals surface area contributed by atoms with Crippen LogP contribution >= 0.6 is 11.3 Å². The predicted molar refractivity (Wildman–Crippen MR) is 86.8 cm³/mol. The van der Waals surface area contributed by atoms with Gasteiger partial charge in [0.1, 0.15) is 5.75 Å². The number of hydrogen-bond acceptors (Lipinski definition) is 3. The highest BCUT2D eigenvalue weighted by atomic mass is 32.1. The third-order valence-corrected chi connectivity index (χ3v) is 4.05. The lowest BCUT2D eigenvalue weighted by Crippen LogP contribution is -2.12. The molecular weight excluding hydrogens is 266 g/mol. The van der Waals surface area contributed by atoms with Crippen molar-refractivity contribution in [3.63, 3.8) is 0 Å². The largest absolute Gasteiger partial charge is 0.493 e. The van der Waals surface area contributed by atoms with Gasteiger partial charge in [-0.1, -0.05) is 19.1 Å². The van der Waals surface area contributed by atoms with Crippen molar-refractivity contribution >= 4 is 11.3 Å². The molecule has 0 unspecified atom stereocenters. The molecule has 108 valence electrons. The highest BCUT2D eigenvalue weighted by Crippen LogP contribution is 2.25. The first-order chi connectivity index (χ1) is 9.70. The molecule has 1 aromatic heterocycles. The van der Waals surface area contributed by atoms with Crippen LogP contribution in [-0.2, 0) is 13.0 Å². The van der Waals surface area contributed by atoms with E-state index in [4.69, 9.17) is 4.74 Å². The van der Waals surface area contributed by atoms with E-state index in [9.17, 15) is 0 Å². The highest BCUT2D eigenvalue weighted by molar-refractivity contribution is 7.07. The van der Waals surface area contributed by atoms with Gasteiger partial charge in [-0.3, -0.25) is 0 Å². The molecule has 0 saturated carbocycles. The Kier molecular flexibility index (Phi) is 5.62. The zero-order chi connectivity index (χ0) is 14.4. The van der Waals surface area contributed by atoms with E-state index in [1.54, 1.807) is 11.3 Å². The molecule has 2 aromatic rings. The van der Waals surface area contributed by atoms with Crippen LogP contribution in [0.25, 0.3) is 0 Å². The van der Waals surface area contributed by atoms with Gasteiger partial charge in [0.2, 0.25) is 0 Å². The predicted octanol–water partition coefficient (Wildman–Crippen LogP) is 4.10. The van der Waals surface area contributed by atoms with E-state index in [0.29, 0.717) is 0 Å². The zero-order valence-corrected chi connectivity index (χ0v) is 13.3. The van der Waals surface area contributed by atoms with Gasteiger partial charge in [-0.2, -0.15) is 11.3 Å². The summed E-state index contributed by atoms with van der Waals surface area (Å²) in [5.41, 5.74) is 5.13. The minimum absolute atomic E-state index is 0.741. The van der Waals surface area contributed by atoms with Crippen LogP contribution in [0.15, 0.2) is 29.0 Å².